The first-order chi connectivity index (χ1) is 13.3. The Morgan fingerprint density at radius 2 is 1.90 bits per heavy atom. The summed E-state index contributed by atoms with van der Waals surface area (Å²) in [4.78, 5) is 14.3. The van der Waals surface area contributed by atoms with Gasteiger partial charge in [0.15, 0.2) is 0 Å². The topological polar surface area (TPSA) is 65.8 Å². The predicted molar refractivity (Wildman–Crippen MR) is 113 cm³/mol. The van der Waals surface area contributed by atoms with Gasteiger partial charge in [0.2, 0.25) is 0 Å². The number of hydrogen-bond donors (Lipinski definition) is 0. The first-order valence-electron chi connectivity index (χ1n) is 10.6. The lowest BCUT2D eigenvalue weighted by Crippen LogP contribution is -2.44. The molecule has 3 heterocycles. The van der Waals surface area contributed by atoms with Crippen LogP contribution in [0.3, 0.4) is 0 Å². The van der Waals surface area contributed by atoms with Gasteiger partial charge in [-0.15, -0.1) is 0 Å². The van der Waals surface area contributed by atoms with E-state index in [4.69, 9.17) is 14.0 Å². The molecule has 162 valence electrons. The number of carbonyl (C=O) groups excluding carboxylic acids is 1. The van der Waals surface area contributed by atoms with Crippen molar-refractivity contribution in [3.63, 3.8) is 0 Å². The van der Waals surface area contributed by atoms with Crippen molar-refractivity contribution in [1.29, 1.82) is 0 Å². The van der Waals surface area contributed by atoms with Crippen molar-refractivity contribution in [1.82, 2.24) is 14.7 Å². The van der Waals surface area contributed by atoms with E-state index in [1.54, 1.807) is 0 Å². The zero-order valence-electron chi connectivity index (χ0n) is 19.2. The smallest absolute Gasteiger partial charge is 0.444 e. The number of ether oxygens (including phenoxy) is 1. The van der Waals surface area contributed by atoms with E-state index in [2.05, 4.69) is 39.7 Å². The second kappa shape index (κ2) is 7.62. The number of amides is 1. The SMILES string of the molecule is Cc1c(B2OC(C)(C)C(C)(C)O2)cnn1C[C@@H]1CCCN(C(=O)OC(C)(C)C)C1. The molecule has 0 spiro atoms. The van der Waals surface area contributed by atoms with Crippen LogP contribution in [0.5, 0.6) is 0 Å². The fraction of sp³-hybridized carbons (Fsp3) is 0.810. The van der Waals surface area contributed by atoms with Crippen LogP contribution in [0.4, 0.5) is 4.79 Å². The van der Waals surface area contributed by atoms with Gasteiger partial charge in [-0.25, -0.2) is 4.79 Å². The van der Waals surface area contributed by atoms with E-state index in [-0.39, 0.29) is 17.3 Å². The van der Waals surface area contributed by atoms with Crippen LogP contribution in [-0.2, 0) is 20.6 Å². The molecule has 1 aromatic heterocycles. The third-order valence-electron chi connectivity index (χ3n) is 6.25. The molecule has 8 heteroatoms. The maximum absolute atomic E-state index is 12.4. The summed E-state index contributed by atoms with van der Waals surface area (Å²) in [7, 11) is -0.404. The Balaban J connectivity index is 1.65. The van der Waals surface area contributed by atoms with Crippen molar-refractivity contribution in [2.75, 3.05) is 13.1 Å². The minimum Gasteiger partial charge on any atom is -0.444 e. The highest BCUT2D eigenvalue weighted by atomic mass is 16.7. The van der Waals surface area contributed by atoms with Gasteiger partial charge < -0.3 is 18.9 Å². The molecule has 2 aliphatic rings. The quantitative estimate of drug-likeness (QED) is 0.723. The largest absolute Gasteiger partial charge is 0.498 e. The maximum Gasteiger partial charge on any atom is 0.498 e. The average Bonchev–Trinajstić information content (AvgIpc) is 3.03. The molecule has 0 saturated carbocycles. The van der Waals surface area contributed by atoms with Gasteiger partial charge in [0.25, 0.3) is 0 Å². The molecule has 3 rings (SSSR count). The standard InChI is InChI=1S/C21H36BN3O4/c1-15-17(22-28-20(5,6)21(7,8)29-22)12-23-25(15)14-16-10-9-11-24(13-16)18(26)27-19(2,3)4/h12,16H,9-11,13-14H2,1-8H3/t16-/m1/s1. The second-order valence-electron chi connectivity index (χ2n) is 10.4. The Labute approximate surface area is 175 Å². The molecule has 0 bridgehead atoms. The number of carbonyl (C=O) groups is 1. The molecule has 2 fully saturated rings. The summed E-state index contributed by atoms with van der Waals surface area (Å²) < 4.78 is 19.9. The molecule has 1 atom stereocenters. The Bertz CT molecular complexity index is 738. The van der Waals surface area contributed by atoms with Crippen LogP contribution in [0, 0.1) is 12.8 Å². The summed E-state index contributed by atoms with van der Waals surface area (Å²) in [5, 5.41) is 4.60. The van der Waals surface area contributed by atoms with E-state index in [1.165, 1.54) is 0 Å². The number of hydrogen-bond acceptors (Lipinski definition) is 5. The summed E-state index contributed by atoms with van der Waals surface area (Å²) in [5.74, 6) is 0.348. The normalized spacial score (nSPS) is 24.1. The predicted octanol–water partition coefficient (Wildman–Crippen LogP) is 3.14. The summed E-state index contributed by atoms with van der Waals surface area (Å²) >= 11 is 0. The van der Waals surface area contributed by atoms with Crippen LogP contribution in [0.15, 0.2) is 6.20 Å². The summed E-state index contributed by atoms with van der Waals surface area (Å²) in [6.07, 6.45) is 3.68. The summed E-state index contributed by atoms with van der Waals surface area (Å²) in [6.45, 7) is 18.2. The number of rotatable bonds is 3. The van der Waals surface area contributed by atoms with Gasteiger partial charge in [-0.1, -0.05) is 0 Å². The Morgan fingerprint density at radius 3 is 2.48 bits per heavy atom. The molecular formula is C21H36BN3O4. The first kappa shape index (κ1) is 22.2. The molecule has 2 aliphatic heterocycles. The van der Waals surface area contributed by atoms with Crippen LogP contribution in [0.2, 0.25) is 0 Å². The van der Waals surface area contributed by atoms with Gasteiger partial charge in [-0.2, -0.15) is 5.10 Å². The highest BCUT2D eigenvalue weighted by Crippen LogP contribution is 2.36. The van der Waals surface area contributed by atoms with Crippen molar-refractivity contribution in [3.8, 4) is 0 Å². The molecule has 0 aromatic carbocycles. The molecule has 0 unspecified atom stereocenters. The van der Waals surface area contributed by atoms with Gasteiger partial charge in [0.1, 0.15) is 5.60 Å². The third-order valence-corrected chi connectivity index (χ3v) is 6.25. The van der Waals surface area contributed by atoms with E-state index in [1.807, 2.05) is 36.5 Å². The molecule has 29 heavy (non-hydrogen) atoms. The zero-order valence-corrected chi connectivity index (χ0v) is 19.2. The van der Waals surface area contributed by atoms with Crippen molar-refractivity contribution >= 4 is 18.7 Å². The molecule has 1 aromatic rings. The fourth-order valence-electron chi connectivity index (χ4n) is 3.80. The van der Waals surface area contributed by atoms with E-state index in [9.17, 15) is 4.79 Å². The van der Waals surface area contributed by atoms with Gasteiger partial charge >= 0.3 is 13.2 Å². The summed E-state index contributed by atoms with van der Waals surface area (Å²) in [6, 6.07) is 0. The number of likely N-dealkylation sites (tertiary alicyclic amines) is 1. The van der Waals surface area contributed by atoms with Crippen molar-refractivity contribution in [2.45, 2.75) is 91.6 Å². The van der Waals surface area contributed by atoms with Gasteiger partial charge in [0.05, 0.1) is 11.2 Å². The molecule has 1 amide bonds. The van der Waals surface area contributed by atoms with E-state index >= 15 is 0 Å². The first-order valence-corrected chi connectivity index (χ1v) is 10.6. The highest BCUT2D eigenvalue weighted by molar-refractivity contribution is 6.62. The number of nitrogens with zero attached hydrogens (tertiary/aromatic N) is 3. The number of aromatic nitrogens is 2. The Hall–Kier alpha value is -1.54. The van der Waals surface area contributed by atoms with E-state index in [0.717, 1.165) is 37.1 Å². The van der Waals surface area contributed by atoms with Gasteiger partial charge in [0, 0.05) is 37.0 Å². The van der Waals surface area contributed by atoms with E-state index in [0.29, 0.717) is 12.5 Å². The summed E-state index contributed by atoms with van der Waals surface area (Å²) in [5.41, 5.74) is 0.814. The van der Waals surface area contributed by atoms with Crippen LogP contribution in [-0.4, -0.2) is 57.8 Å². The van der Waals surface area contributed by atoms with Crippen LogP contribution in [0.25, 0.3) is 0 Å². The fourth-order valence-corrected chi connectivity index (χ4v) is 3.80. The molecule has 2 saturated heterocycles. The van der Waals surface area contributed by atoms with Crippen LogP contribution >= 0.6 is 0 Å². The minimum absolute atomic E-state index is 0.225. The van der Waals surface area contributed by atoms with E-state index < -0.39 is 12.7 Å². The zero-order chi connectivity index (χ0) is 21.6. The number of piperidine rings is 1. The molecule has 0 N–H and O–H groups in total. The second-order valence-corrected chi connectivity index (χ2v) is 10.4. The van der Waals surface area contributed by atoms with Crippen molar-refractivity contribution < 1.29 is 18.8 Å². The minimum atomic E-state index is -0.472. The monoisotopic (exact) mass is 405 g/mol. The Morgan fingerprint density at radius 1 is 1.28 bits per heavy atom. The highest BCUT2D eigenvalue weighted by Gasteiger charge is 2.52. The molecular weight excluding hydrogens is 369 g/mol. The molecule has 0 radical (unpaired) electrons. The average molecular weight is 405 g/mol. The van der Waals surface area contributed by atoms with Crippen LogP contribution in [0.1, 0.15) is 67.0 Å². The van der Waals surface area contributed by atoms with Crippen molar-refractivity contribution in [3.05, 3.63) is 11.9 Å². The van der Waals surface area contributed by atoms with Crippen LogP contribution < -0.4 is 5.46 Å². The third kappa shape index (κ3) is 4.80. The molecule has 0 aliphatic carbocycles. The Kier molecular flexibility index (Phi) is 5.82. The van der Waals surface area contributed by atoms with Crippen molar-refractivity contribution in [2.24, 2.45) is 5.92 Å². The molecule has 7 nitrogen and oxygen atoms in total. The van der Waals surface area contributed by atoms with Gasteiger partial charge in [-0.05, 0) is 74.1 Å². The lowest BCUT2D eigenvalue weighted by Gasteiger charge is -2.34. The lowest BCUT2D eigenvalue weighted by molar-refractivity contribution is 0.00578. The maximum atomic E-state index is 12.4. The van der Waals surface area contributed by atoms with Gasteiger partial charge in [-0.3, -0.25) is 4.68 Å². The lowest BCUT2D eigenvalue weighted by atomic mass is 9.79.